The van der Waals surface area contributed by atoms with Crippen LogP contribution in [0.25, 0.3) is 0 Å². The van der Waals surface area contributed by atoms with E-state index in [4.69, 9.17) is 0 Å². The zero-order chi connectivity index (χ0) is 19.4. The second-order valence-electron chi connectivity index (χ2n) is 7.96. The number of amides is 2. The summed E-state index contributed by atoms with van der Waals surface area (Å²) in [6.07, 6.45) is 8.35. The standard InChI is InChI=1S/C23H27N3O2/c27-21(11-10-19-7-4-14-24-17-19)25-15-5-12-23(18-25)13-6-16-26(22(23)28)20-8-2-1-3-9-20/h1-4,7-9,14,17H,5-6,10-13,15-16,18H2. The van der Waals surface area contributed by atoms with E-state index >= 15 is 0 Å². The van der Waals surface area contributed by atoms with E-state index in [9.17, 15) is 9.59 Å². The highest BCUT2D eigenvalue weighted by atomic mass is 16.2. The fourth-order valence-electron chi connectivity index (χ4n) is 4.60. The number of hydrogen-bond donors (Lipinski definition) is 0. The first-order chi connectivity index (χ1) is 13.7. The molecule has 0 N–H and O–H groups in total. The van der Waals surface area contributed by atoms with Gasteiger partial charge >= 0.3 is 0 Å². The predicted molar refractivity (Wildman–Crippen MR) is 109 cm³/mol. The van der Waals surface area contributed by atoms with Crippen LogP contribution in [0.5, 0.6) is 0 Å². The van der Waals surface area contributed by atoms with E-state index in [1.807, 2.05) is 58.5 Å². The van der Waals surface area contributed by atoms with Gasteiger partial charge in [0.25, 0.3) is 0 Å². The Bertz CT molecular complexity index is 820. The molecular weight excluding hydrogens is 350 g/mol. The second kappa shape index (κ2) is 8.13. The third-order valence-electron chi connectivity index (χ3n) is 6.08. The summed E-state index contributed by atoms with van der Waals surface area (Å²) in [5.41, 5.74) is 1.62. The van der Waals surface area contributed by atoms with Crippen molar-refractivity contribution in [3.63, 3.8) is 0 Å². The number of anilines is 1. The molecule has 2 saturated heterocycles. The zero-order valence-corrected chi connectivity index (χ0v) is 16.2. The Kier molecular flexibility index (Phi) is 5.42. The minimum atomic E-state index is -0.420. The number of nitrogens with zero attached hydrogens (tertiary/aromatic N) is 3. The molecule has 1 spiro atoms. The lowest BCUT2D eigenvalue weighted by molar-refractivity contribution is -0.141. The van der Waals surface area contributed by atoms with Crippen molar-refractivity contribution < 1.29 is 9.59 Å². The van der Waals surface area contributed by atoms with Crippen molar-refractivity contribution in [1.82, 2.24) is 9.88 Å². The van der Waals surface area contributed by atoms with Gasteiger partial charge in [-0.1, -0.05) is 24.3 Å². The Labute approximate surface area is 166 Å². The third kappa shape index (κ3) is 3.79. The van der Waals surface area contributed by atoms with E-state index in [2.05, 4.69) is 4.98 Å². The molecule has 0 aliphatic carbocycles. The van der Waals surface area contributed by atoms with Gasteiger partial charge in [0.05, 0.1) is 5.41 Å². The van der Waals surface area contributed by atoms with E-state index in [0.29, 0.717) is 19.4 Å². The van der Waals surface area contributed by atoms with Crippen LogP contribution in [0, 0.1) is 5.41 Å². The number of piperidine rings is 2. The highest BCUT2D eigenvalue weighted by Gasteiger charge is 2.47. The number of aromatic nitrogens is 1. The van der Waals surface area contributed by atoms with Crippen molar-refractivity contribution in [2.45, 2.75) is 38.5 Å². The van der Waals surface area contributed by atoms with Gasteiger partial charge in [0.1, 0.15) is 0 Å². The summed E-state index contributed by atoms with van der Waals surface area (Å²) in [5, 5.41) is 0. The second-order valence-corrected chi connectivity index (χ2v) is 7.96. The molecule has 2 aliphatic heterocycles. The quantitative estimate of drug-likeness (QED) is 0.820. The average molecular weight is 377 g/mol. The van der Waals surface area contributed by atoms with Crippen LogP contribution in [0.1, 0.15) is 37.7 Å². The molecule has 1 atom stereocenters. The summed E-state index contributed by atoms with van der Waals surface area (Å²) in [6.45, 7) is 2.08. The Morgan fingerprint density at radius 2 is 1.82 bits per heavy atom. The van der Waals surface area contributed by atoms with Gasteiger partial charge < -0.3 is 9.80 Å². The Balaban J connectivity index is 1.44. The number of benzene rings is 1. The number of para-hydroxylation sites is 1. The van der Waals surface area contributed by atoms with E-state index in [1.165, 1.54) is 0 Å². The highest BCUT2D eigenvalue weighted by Crippen LogP contribution is 2.41. The van der Waals surface area contributed by atoms with Gasteiger partial charge in [-0.3, -0.25) is 14.6 Å². The van der Waals surface area contributed by atoms with Crippen molar-refractivity contribution in [3.05, 3.63) is 60.4 Å². The number of aryl methyl sites for hydroxylation is 1. The normalized spacial score (nSPS) is 22.5. The highest BCUT2D eigenvalue weighted by molar-refractivity contribution is 5.99. The molecule has 1 aromatic carbocycles. The Morgan fingerprint density at radius 3 is 2.57 bits per heavy atom. The van der Waals surface area contributed by atoms with E-state index in [0.717, 1.165) is 50.0 Å². The number of likely N-dealkylation sites (tertiary alicyclic amines) is 1. The summed E-state index contributed by atoms with van der Waals surface area (Å²) in [4.78, 5) is 34.2. The topological polar surface area (TPSA) is 53.5 Å². The van der Waals surface area contributed by atoms with Crippen molar-refractivity contribution in [2.24, 2.45) is 5.41 Å². The lowest BCUT2D eigenvalue weighted by Gasteiger charge is -2.47. The molecule has 0 bridgehead atoms. The lowest BCUT2D eigenvalue weighted by atomic mass is 9.72. The summed E-state index contributed by atoms with van der Waals surface area (Å²) in [5.74, 6) is 0.335. The molecule has 2 fully saturated rings. The van der Waals surface area contributed by atoms with Crippen LogP contribution in [-0.2, 0) is 16.0 Å². The van der Waals surface area contributed by atoms with Gasteiger partial charge in [-0.2, -0.15) is 0 Å². The Hall–Kier alpha value is -2.69. The number of carbonyl (C=O) groups excluding carboxylic acids is 2. The SMILES string of the molecule is O=C(CCc1cccnc1)N1CCCC2(CCCN(c3ccccc3)C2=O)C1. The molecule has 2 amide bonds. The smallest absolute Gasteiger partial charge is 0.234 e. The van der Waals surface area contributed by atoms with E-state index in [1.54, 1.807) is 6.20 Å². The lowest BCUT2D eigenvalue weighted by Crippen LogP contribution is -2.57. The molecule has 0 radical (unpaired) electrons. The van der Waals surface area contributed by atoms with Gasteiger partial charge in [-0.15, -0.1) is 0 Å². The van der Waals surface area contributed by atoms with E-state index in [-0.39, 0.29) is 11.8 Å². The largest absolute Gasteiger partial charge is 0.342 e. The first-order valence-electron chi connectivity index (χ1n) is 10.2. The van der Waals surface area contributed by atoms with Gasteiger partial charge in [0, 0.05) is 44.1 Å². The summed E-state index contributed by atoms with van der Waals surface area (Å²) in [7, 11) is 0. The molecule has 2 aliphatic rings. The molecule has 1 unspecified atom stereocenters. The van der Waals surface area contributed by atoms with Crippen molar-refractivity contribution in [3.8, 4) is 0 Å². The average Bonchev–Trinajstić information content (AvgIpc) is 2.75. The molecular formula is C23H27N3O2. The van der Waals surface area contributed by atoms with Crippen molar-refractivity contribution in [2.75, 3.05) is 24.5 Å². The van der Waals surface area contributed by atoms with Gasteiger partial charge in [0.15, 0.2) is 0 Å². The summed E-state index contributed by atoms with van der Waals surface area (Å²) < 4.78 is 0. The maximum Gasteiger partial charge on any atom is 0.234 e. The number of rotatable bonds is 4. The molecule has 2 aromatic rings. The molecule has 1 aromatic heterocycles. The van der Waals surface area contributed by atoms with Crippen LogP contribution in [0.3, 0.4) is 0 Å². The van der Waals surface area contributed by atoms with Crippen molar-refractivity contribution >= 4 is 17.5 Å². The van der Waals surface area contributed by atoms with Crippen LogP contribution in [0.2, 0.25) is 0 Å². The number of hydrogen-bond acceptors (Lipinski definition) is 3. The first kappa shape index (κ1) is 18.7. The fourth-order valence-corrected chi connectivity index (χ4v) is 4.60. The predicted octanol–water partition coefficient (Wildman–Crippen LogP) is 3.45. The fraction of sp³-hybridized carbons (Fsp3) is 0.435. The minimum Gasteiger partial charge on any atom is -0.342 e. The molecule has 5 heteroatoms. The first-order valence-corrected chi connectivity index (χ1v) is 10.2. The van der Waals surface area contributed by atoms with Gasteiger partial charge in [-0.05, 0) is 55.9 Å². The summed E-state index contributed by atoms with van der Waals surface area (Å²) in [6, 6.07) is 13.8. The molecule has 146 valence electrons. The van der Waals surface area contributed by atoms with Crippen molar-refractivity contribution in [1.29, 1.82) is 0 Å². The molecule has 3 heterocycles. The molecule has 4 rings (SSSR count). The van der Waals surface area contributed by atoms with Crippen LogP contribution >= 0.6 is 0 Å². The third-order valence-corrected chi connectivity index (χ3v) is 6.08. The maximum absolute atomic E-state index is 13.4. The maximum atomic E-state index is 13.4. The number of pyridine rings is 1. The van der Waals surface area contributed by atoms with Gasteiger partial charge in [-0.25, -0.2) is 0 Å². The Morgan fingerprint density at radius 1 is 1.04 bits per heavy atom. The zero-order valence-electron chi connectivity index (χ0n) is 16.2. The molecule has 5 nitrogen and oxygen atoms in total. The van der Waals surface area contributed by atoms with E-state index < -0.39 is 5.41 Å². The molecule has 0 saturated carbocycles. The summed E-state index contributed by atoms with van der Waals surface area (Å²) >= 11 is 0. The minimum absolute atomic E-state index is 0.146. The number of carbonyl (C=O) groups is 2. The molecule has 28 heavy (non-hydrogen) atoms. The van der Waals surface area contributed by atoms with Gasteiger partial charge in [0.2, 0.25) is 11.8 Å². The van der Waals surface area contributed by atoms with Crippen LogP contribution < -0.4 is 4.90 Å². The van der Waals surface area contributed by atoms with Crippen LogP contribution in [0.4, 0.5) is 5.69 Å². The monoisotopic (exact) mass is 377 g/mol. The van der Waals surface area contributed by atoms with Crippen LogP contribution in [0.15, 0.2) is 54.9 Å². The van der Waals surface area contributed by atoms with Crippen LogP contribution in [-0.4, -0.2) is 41.3 Å².